The van der Waals surface area contributed by atoms with E-state index in [0.717, 1.165) is 32.3 Å². The molecule has 96 valence electrons. The minimum absolute atomic E-state index is 0.780. The molecule has 0 bridgehead atoms. The van der Waals surface area contributed by atoms with E-state index in [-0.39, 0.29) is 0 Å². The Morgan fingerprint density at radius 2 is 1.89 bits per heavy atom. The van der Waals surface area contributed by atoms with Crippen molar-refractivity contribution in [2.75, 3.05) is 17.7 Å². The minimum atomic E-state index is 0.780. The van der Waals surface area contributed by atoms with Gasteiger partial charge in [0.25, 0.3) is 0 Å². The number of hydrogen-bond acceptors (Lipinski definition) is 4. The largest absolute Gasteiger partial charge is 0.397 e. The molecule has 3 aromatic rings. The van der Waals surface area contributed by atoms with Crippen molar-refractivity contribution in [2.24, 2.45) is 0 Å². The molecule has 0 saturated heterocycles. The summed E-state index contributed by atoms with van der Waals surface area (Å²) in [5.74, 6) is 0. The summed E-state index contributed by atoms with van der Waals surface area (Å²) in [6, 6.07) is 14.2. The monoisotopic (exact) mass is 269 g/mol. The van der Waals surface area contributed by atoms with E-state index in [0.29, 0.717) is 0 Å². The fraction of sp³-hybridized carbons (Fsp3) is 0.133. The fourth-order valence-corrected chi connectivity index (χ4v) is 3.03. The molecule has 0 spiro atoms. The van der Waals surface area contributed by atoms with Gasteiger partial charge in [-0.1, -0.05) is 18.2 Å². The smallest absolute Gasteiger partial charge is 0.0907 e. The van der Waals surface area contributed by atoms with E-state index in [1.54, 1.807) is 11.3 Å². The van der Waals surface area contributed by atoms with E-state index in [2.05, 4.69) is 28.1 Å². The van der Waals surface area contributed by atoms with Crippen LogP contribution in [0.15, 0.2) is 42.5 Å². The van der Waals surface area contributed by atoms with Crippen LogP contribution in [0.3, 0.4) is 0 Å². The molecular weight excluding hydrogens is 254 g/mol. The lowest BCUT2D eigenvalue weighted by molar-refractivity contribution is 1.21. The summed E-state index contributed by atoms with van der Waals surface area (Å²) in [5, 5.41) is 1.06. The number of para-hydroxylation sites is 1. The van der Waals surface area contributed by atoms with Crippen LogP contribution in [0.4, 0.5) is 17.1 Å². The third-order valence-corrected chi connectivity index (χ3v) is 4.08. The number of rotatable bonds is 2. The van der Waals surface area contributed by atoms with Crippen molar-refractivity contribution >= 4 is 38.6 Å². The van der Waals surface area contributed by atoms with Gasteiger partial charge < -0.3 is 10.6 Å². The molecule has 0 aliphatic rings. The zero-order valence-electron chi connectivity index (χ0n) is 10.9. The predicted molar refractivity (Wildman–Crippen MR) is 83.3 cm³/mol. The highest BCUT2D eigenvalue weighted by atomic mass is 32.1. The summed E-state index contributed by atoms with van der Waals surface area (Å²) in [4.78, 5) is 6.61. The number of nitrogens with two attached hydrogens (primary N) is 1. The lowest BCUT2D eigenvalue weighted by atomic mass is 10.2. The van der Waals surface area contributed by atoms with Crippen molar-refractivity contribution in [3.8, 4) is 0 Å². The Kier molecular flexibility index (Phi) is 2.87. The van der Waals surface area contributed by atoms with E-state index >= 15 is 0 Å². The Balaban J connectivity index is 2.11. The number of nitrogens with zero attached hydrogens (tertiary/aromatic N) is 2. The Morgan fingerprint density at radius 1 is 1.16 bits per heavy atom. The molecule has 1 aromatic heterocycles. The molecular formula is C15H15N3S. The van der Waals surface area contributed by atoms with Crippen LogP contribution >= 0.6 is 11.3 Å². The van der Waals surface area contributed by atoms with Crippen molar-refractivity contribution in [1.82, 2.24) is 4.98 Å². The Morgan fingerprint density at radius 3 is 2.63 bits per heavy atom. The van der Waals surface area contributed by atoms with Crippen LogP contribution in [0, 0.1) is 6.92 Å². The number of anilines is 3. The zero-order chi connectivity index (χ0) is 13.4. The molecule has 1 heterocycles. The molecule has 0 fully saturated rings. The molecule has 0 aliphatic carbocycles. The number of hydrogen-bond donors (Lipinski definition) is 1. The van der Waals surface area contributed by atoms with E-state index in [9.17, 15) is 0 Å². The molecule has 0 saturated carbocycles. The van der Waals surface area contributed by atoms with E-state index in [1.165, 1.54) is 0 Å². The molecule has 0 radical (unpaired) electrons. The lowest BCUT2D eigenvalue weighted by Gasteiger charge is -2.21. The maximum Gasteiger partial charge on any atom is 0.0907 e. The van der Waals surface area contributed by atoms with Gasteiger partial charge in [0, 0.05) is 12.7 Å². The van der Waals surface area contributed by atoms with Crippen LogP contribution in [0.5, 0.6) is 0 Å². The Hall–Kier alpha value is -2.07. The minimum Gasteiger partial charge on any atom is -0.397 e. The summed E-state index contributed by atoms with van der Waals surface area (Å²) in [6.07, 6.45) is 0. The molecule has 4 heteroatoms. The van der Waals surface area contributed by atoms with Gasteiger partial charge in [-0.2, -0.15) is 0 Å². The van der Waals surface area contributed by atoms with Crippen LogP contribution in [-0.4, -0.2) is 12.0 Å². The summed E-state index contributed by atoms with van der Waals surface area (Å²) in [6.45, 7) is 2.02. The molecule has 0 atom stereocenters. The molecule has 0 amide bonds. The van der Waals surface area contributed by atoms with Crippen molar-refractivity contribution in [2.45, 2.75) is 6.92 Å². The second kappa shape index (κ2) is 4.55. The van der Waals surface area contributed by atoms with Gasteiger partial charge in [0.1, 0.15) is 0 Å². The molecule has 3 rings (SSSR count). The maximum absolute atomic E-state index is 6.17. The first-order valence-corrected chi connectivity index (χ1v) is 6.92. The summed E-state index contributed by atoms with van der Waals surface area (Å²) in [7, 11) is 2.02. The van der Waals surface area contributed by atoms with Gasteiger partial charge in [-0.05, 0) is 31.2 Å². The average molecular weight is 269 g/mol. The topological polar surface area (TPSA) is 42.2 Å². The van der Waals surface area contributed by atoms with Crippen LogP contribution in [0.25, 0.3) is 10.2 Å². The highest BCUT2D eigenvalue weighted by molar-refractivity contribution is 7.18. The van der Waals surface area contributed by atoms with Gasteiger partial charge in [-0.3, -0.25) is 0 Å². The zero-order valence-corrected chi connectivity index (χ0v) is 11.7. The van der Waals surface area contributed by atoms with Crippen LogP contribution in [0.2, 0.25) is 0 Å². The van der Waals surface area contributed by atoms with Crippen LogP contribution in [-0.2, 0) is 0 Å². The van der Waals surface area contributed by atoms with Crippen molar-refractivity contribution in [1.29, 1.82) is 0 Å². The van der Waals surface area contributed by atoms with Crippen LogP contribution < -0.4 is 10.6 Å². The summed E-state index contributed by atoms with van der Waals surface area (Å²) < 4.78 is 1.14. The highest BCUT2D eigenvalue weighted by Gasteiger charge is 2.11. The summed E-state index contributed by atoms with van der Waals surface area (Å²) in [5.41, 5.74) is 10.1. The molecule has 19 heavy (non-hydrogen) atoms. The molecule has 2 aromatic carbocycles. The van der Waals surface area contributed by atoms with Gasteiger partial charge in [0.15, 0.2) is 0 Å². The van der Waals surface area contributed by atoms with E-state index in [4.69, 9.17) is 5.73 Å². The number of aromatic nitrogens is 1. The average Bonchev–Trinajstić information content (AvgIpc) is 2.77. The third-order valence-electron chi connectivity index (χ3n) is 3.15. The van der Waals surface area contributed by atoms with Crippen LogP contribution in [0.1, 0.15) is 5.01 Å². The quantitative estimate of drug-likeness (QED) is 0.716. The molecule has 0 aliphatic heterocycles. The van der Waals surface area contributed by atoms with E-state index in [1.807, 2.05) is 38.2 Å². The van der Waals surface area contributed by atoms with Gasteiger partial charge in [0.05, 0.1) is 26.6 Å². The number of aryl methyl sites for hydroxylation is 1. The number of benzene rings is 2. The number of nitrogen functional groups attached to an aromatic ring is 1. The van der Waals surface area contributed by atoms with Gasteiger partial charge in [0.2, 0.25) is 0 Å². The van der Waals surface area contributed by atoms with Crippen molar-refractivity contribution in [3.05, 3.63) is 47.5 Å². The highest BCUT2D eigenvalue weighted by Crippen LogP contribution is 2.34. The van der Waals surface area contributed by atoms with E-state index < -0.39 is 0 Å². The maximum atomic E-state index is 6.17. The lowest BCUT2D eigenvalue weighted by Crippen LogP contribution is -2.11. The Bertz CT molecular complexity index is 719. The number of fused-ring (bicyclic) bond motifs is 1. The third kappa shape index (κ3) is 2.15. The first kappa shape index (κ1) is 12.0. The normalized spacial score (nSPS) is 10.8. The van der Waals surface area contributed by atoms with Crippen molar-refractivity contribution in [3.63, 3.8) is 0 Å². The standard InChI is InChI=1S/C15H15N3S/c1-10-17-13-9-14(12(16)8-15(13)19-10)18(2)11-6-4-3-5-7-11/h3-9H,16H2,1-2H3. The van der Waals surface area contributed by atoms with Crippen molar-refractivity contribution < 1.29 is 0 Å². The second-order valence-electron chi connectivity index (χ2n) is 4.51. The second-order valence-corrected chi connectivity index (χ2v) is 5.74. The number of thiazole rings is 1. The Labute approximate surface area is 116 Å². The predicted octanol–water partition coefficient (Wildman–Crippen LogP) is 3.95. The molecule has 2 N–H and O–H groups in total. The molecule has 3 nitrogen and oxygen atoms in total. The molecule has 0 unspecified atom stereocenters. The fourth-order valence-electron chi connectivity index (χ4n) is 2.17. The van der Waals surface area contributed by atoms with Gasteiger partial charge in [-0.25, -0.2) is 4.98 Å². The first-order valence-electron chi connectivity index (χ1n) is 6.10. The SMILES string of the molecule is Cc1nc2cc(N(C)c3ccccc3)c(N)cc2s1. The van der Waals surface area contributed by atoms with Gasteiger partial charge >= 0.3 is 0 Å². The summed E-state index contributed by atoms with van der Waals surface area (Å²) >= 11 is 1.67. The first-order chi connectivity index (χ1) is 9.15. The van der Waals surface area contributed by atoms with Gasteiger partial charge in [-0.15, -0.1) is 11.3 Å².